The Balaban J connectivity index is 1.70. The maximum absolute atomic E-state index is 12.4. The molecule has 0 bridgehead atoms. The minimum atomic E-state index is -0.724. The summed E-state index contributed by atoms with van der Waals surface area (Å²) in [7, 11) is 0. The molecule has 0 aromatic heterocycles. The highest BCUT2D eigenvalue weighted by molar-refractivity contribution is 5.79. The molecule has 1 N–H and O–H groups in total. The topological polar surface area (TPSA) is 60.9 Å². The predicted octanol–water partition coefficient (Wildman–Crippen LogP) is 2.46. The summed E-state index contributed by atoms with van der Waals surface area (Å²) in [6.45, 7) is 10.6. The van der Waals surface area contributed by atoms with Crippen LogP contribution in [-0.2, 0) is 9.59 Å². The molecule has 23 heavy (non-hydrogen) atoms. The molecule has 0 saturated carbocycles. The summed E-state index contributed by atoms with van der Waals surface area (Å²) >= 11 is 0. The van der Waals surface area contributed by atoms with E-state index in [1.54, 1.807) is 0 Å². The van der Waals surface area contributed by atoms with Crippen molar-refractivity contribution >= 4 is 11.9 Å². The molecule has 0 unspecified atom stereocenters. The molecule has 0 aliphatic carbocycles. The van der Waals surface area contributed by atoms with Gasteiger partial charge in [-0.3, -0.25) is 14.5 Å². The van der Waals surface area contributed by atoms with Crippen molar-refractivity contribution in [2.75, 3.05) is 32.7 Å². The van der Waals surface area contributed by atoms with E-state index in [1.165, 1.54) is 19.3 Å². The molecule has 0 aromatic rings. The second kappa shape index (κ2) is 7.65. The number of hydrogen-bond donors (Lipinski definition) is 1. The summed E-state index contributed by atoms with van der Waals surface area (Å²) in [6.07, 6.45) is 4.82. The van der Waals surface area contributed by atoms with Gasteiger partial charge in [-0.2, -0.15) is 0 Å². The number of carboxylic acids is 1. The fourth-order valence-electron chi connectivity index (χ4n) is 3.88. The third-order valence-electron chi connectivity index (χ3n) is 5.16. The second-order valence-electron chi connectivity index (χ2n) is 8.48. The third-order valence-corrected chi connectivity index (χ3v) is 5.16. The maximum atomic E-state index is 12.4. The van der Waals surface area contributed by atoms with Gasteiger partial charge in [0.1, 0.15) is 0 Å². The number of hydrogen-bond acceptors (Lipinski definition) is 3. The Kier molecular flexibility index (Phi) is 6.06. The van der Waals surface area contributed by atoms with Crippen LogP contribution in [0.25, 0.3) is 0 Å². The van der Waals surface area contributed by atoms with Crippen molar-refractivity contribution in [2.24, 2.45) is 17.3 Å². The van der Waals surface area contributed by atoms with E-state index in [0.29, 0.717) is 37.9 Å². The number of carboxylic acid groups (broad SMARTS) is 1. The lowest BCUT2D eigenvalue weighted by Crippen LogP contribution is -2.46. The molecule has 0 spiro atoms. The van der Waals surface area contributed by atoms with Crippen molar-refractivity contribution < 1.29 is 14.7 Å². The Morgan fingerprint density at radius 3 is 2.04 bits per heavy atom. The zero-order valence-corrected chi connectivity index (χ0v) is 14.9. The molecule has 2 aliphatic heterocycles. The van der Waals surface area contributed by atoms with E-state index >= 15 is 0 Å². The Hall–Kier alpha value is -1.10. The van der Waals surface area contributed by atoms with Crippen molar-refractivity contribution in [3.63, 3.8) is 0 Å². The molecule has 5 nitrogen and oxygen atoms in total. The first-order valence-electron chi connectivity index (χ1n) is 8.97. The first-order valence-corrected chi connectivity index (χ1v) is 8.97. The number of carbonyl (C=O) groups excluding carboxylic acids is 1. The molecule has 2 aliphatic rings. The molecule has 2 rings (SSSR count). The molecular formula is C18H32N2O3. The van der Waals surface area contributed by atoms with Crippen LogP contribution in [0.1, 0.15) is 52.9 Å². The Bertz CT molecular complexity index is 414. The lowest BCUT2D eigenvalue weighted by atomic mass is 9.80. The molecule has 2 heterocycles. The fourth-order valence-corrected chi connectivity index (χ4v) is 3.88. The number of piperidine rings is 2. The van der Waals surface area contributed by atoms with Gasteiger partial charge in [-0.05, 0) is 56.5 Å². The van der Waals surface area contributed by atoms with E-state index in [1.807, 2.05) is 4.90 Å². The largest absolute Gasteiger partial charge is 0.481 e. The summed E-state index contributed by atoms with van der Waals surface area (Å²) in [5.41, 5.74) is 0.386. The molecular weight excluding hydrogens is 292 g/mol. The van der Waals surface area contributed by atoms with E-state index in [0.717, 1.165) is 19.0 Å². The molecule has 5 heteroatoms. The van der Waals surface area contributed by atoms with Crippen molar-refractivity contribution in [3.05, 3.63) is 0 Å². The van der Waals surface area contributed by atoms with Gasteiger partial charge in [0, 0.05) is 13.1 Å². The average Bonchev–Trinajstić information content (AvgIpc) is 2.48. The van der Waals surface area contributed by atoms with Crippen molar-refractivity contribution in [1.29, 1.82) is 0 Å². The zero-order valence-electron chi connectivity index (χ0n) is 14.9. The average molecular weight is 324 g/mol. The molecule has 0 aromatic carbocycles. The van der Waals surface area contributed by atoms with Gasteiger partial charge in [0.05, 0.1) is 12.5 Å². The number of likely N-dealkylation sites (tertiary alicyclic amines) is 2. The standard InChI is InChI=1S/C18H32N2O3/c1-18(2,3)12-14-4-8-19(9-5-14)13-16(21)20-10-6-15(7-11-20)17(22)23/h14-15H,4-13H2,1-3H3,(H,22,23). The molecule has 132 valence electrons. The lowest BCUT2D eigenvalue weighted by molar-refractivity contribution is -0.146. The molecule has 1 amide bonds. The maximum Gasteiger partial charge on any atom is 0.306 e. The van der Waals surface area contributed by atoms with Gasteiger partial charge in [0.25, 0.3) is 0 Å². The first-order chi connectivity index (χ1) is 10.7. The van der Waals surface area contributed by atoms with Gasteiger partial charge < -0.3 is 10.0 Å². The van der Waals surface area contributed by atoms with Crippen LogP contribution in [-0.4, -0.2) is 59.5 Å². The van der Waals surface area contributed by atoms with Gasteiger partial charge in [0.15, 0.2) is 0 Å². The third kappa shape index (κ3) is 5.79. The molecule has 0 radical (unpaired) electrons. The number of carbonyl (C=O) groups is 2. The highest BCUT2D eigenvalue weighted by Gasteiger charge is 2.29. The molecule has 0 atom stereocenters. The first kappa shape index (κ1) is 18.2. The van der Waals surface area contributed by atoms with Crippen molar-refractivity contribution in [2.45, 2.75) is 52.9 Å². The highest BCUT2D eigenvalue weighted by Crippen LogP contribution is 2.30. The van der Waals surface area contributed by atoms with Gasteiger partial charge in [-0.25, -0.2) is 0 Å². The number of nitrogens with zero attached hydrogens (tertiary/aromatic N) is 2. The smallest absolute Gasteiger partial charge is 0.306 e. The Morgan fingerprint density at radius 2 is 1.57 bits per heavy atom. The van der Waals surface area contributed by atoms with Crippen LogP contribution in [0.15, 0.2) is 0 Å². The van der Waals surface area contributed by atoms with Gasteiger partial charge in [-0.1, -0.05) is 20.8 Å². The van der Waals surface area contributed by atoms with Crippen LogP contribution in [0.3, 0.4) is 0 Å². The summed E-state index contributed by atoms with van der Waals surface area (Å²) in [5, 5.41) is 9.02. The second-order valence-corrected chi connectivity index (χ2v) is 8.48. The number of rotatable bonds is 4. The van der Waals surface area contributed by atoms with Gasteiger partial charge in [0.2, 0.25) is 5.91 Å². The van der Waals surface area contributed by atoms with Gasteiger partial charge >= 0.3 is 5.97 Å². The number of amides is 1. The van der Waals surface area contributed by atoms with E-state index in [9.17, 15) is 9.59 Å². The Labute approximate surface area is 140 Å². The fraction of sp³-hybridized carbons (Fsp3) is 0.889. The minimum Gasteiger partial charge on any atom is -0.481 e. The van der Waals surface area contributed by atoms with Gasteiger partial charge in [-0.15, -0.1) is 0 Å². The lowest BCUT2D eigenvalue weighted by Gasteiger charge is -2.36. The van der Waals surface area contributed by atoms with Crippen LogP contribution in [0.4, 0.5) is 0 Å². The van der Waals surface area contributed by atoms with Crippen molar-refractivity contribution in [3.8, 4) is 0 Å². The summed E-state index contributed by atoms with van der Waals surface area (Å²) < 4.78 is 0. The zero-order chi connectivity index (χ0) is 17.0. The number of aliphatic carboxylic acids is 1. The van der Waals surface area contributed by atoms with E-state index < -0.39 is 5.97 Å². The Morgan fingerprint density at radius 1 is 1.00 bits per heavy atom. The van der Waals surface area contributed by atoms with Crippen LogP contribution >= 0.6 is 0 Å². The molecule has 2 fully saturated rings. The monoisotopic (exact) mass is 324 g/mol. The summed E-state index contributed by atoms with van der Waals surface area (Å²) in [5.74, 6) is -0.0408. The van der Waals surface area contributed by atoms with E-state index in [4.69, 9.17) is 5.11 Å². The van der Waals surface area contributed by atoms with E-state index in [2.05, 4.69) is 25.7 Å². The van der Waals surface area contributed by atoms with E-state index in [-0.39, 0.29) is 11.8 Å². The quantitative estimate of drug-likeness (QED) is 0.863. The minimum absolute atomic E-state index is 0.170. The summed E-state index contributed by atoms with van der Waals surface area (Å²) in [6, 6.07) is 0. The predicted molar refractivity (Wildman–Crippen MR) is 90.2 cm³/mol. The summed E-state index contributed by atoms with van der Waals surface area (Å²) in [4.78, 5) is 27.5. The van der Waals surface area contributed by atoms with Crippen molar-refractivity contribution in [1.82, 2.24) is 9.80 Å². The van der Waals surface area contributed by atoms with Crippen LogP contribution in [0, 0.1) is 17.3 Å². The normalized spacial score (nSPS) is 22.3. The van der Waals surface area contributed by atoms with Crippen LogP contribution < -0.4 is 0 Å². The SMILES string of the molecule is CC(C)(C)CC1CCN(CC(=O)N2CCC(C(=O)O)CC2)CC1. The van der Waals surface area contributed by atoms with Crippen LogP contribution in [0.5, 0.6) is 0 Å². The highest BCUT2D eigenvalue weighted by atomic mass is 16.4. The molecule has 2 saturated heterocycles. The van der Waals surface area contributed by atoms with Crippen LogP contribution in [0.2, 0.25) is 0 Å².